The first kappa shape index (κ1) is 24.0. The standard InChI is InChI=1S/C26H28N4O5/c1-4-15(2)23(24(31)27-22-13-21(25(32)33)30(3)29-22)28-26(34)35-14-20-18-11-7-5-9-16(18)17-10-6-8-12-19(17)20/h5-13,15,20,23H,4,14H2,1-3H3,(H,28,34)(H,32,33)(H,27,29,31). The van der Waals surface area contributed by atoms with Gasteiger partial charge in [-0.15, -0.1) is 0 Å². The molecule has 0 spiro atoms. The van der Waals surface area contributed by atoms with Crippen LogP contribution in [0.2, 0.25) is 0 Å². The summed E-state index contributed by atoms with van der Waals surface area (Å²) >= 11 is 0. The lowest BCUT2D eigenvalue weighted by molar-refractivity contribution is -0.119. The number of nitrogens with zero attached hydrogens (tertiary/aromatic N) is 2. The molecule has 1 aliphatic rings. The van der Waals surface area contributed by atoms with E-state index in [1.807, 2.05) is 50.2 Å². The molecule has 0 radical (unpaired) electrons. The minimum atomic E-state index is -1.16. The summed E-state index contributed by atoms with van der Waals surface area (Å²) in [5.74, 6) is -1.85. The van der Waals surface area contributed by atoms with Gasteiger partial charge in [-0.25, -0.2) is 9.59 Å². The lowest BCUT2D eigenvalue weighted by Crippen LogP contribution is -2.48. The third kappa shape index (κ3) is 4.89. The van der Waals surface area contributed by atoms with E-state index < -0.39 is 24.0 Å². The van der Waals surface area contributed by atoms with Gasteiger partial charge in [0.2, 0.25) is 5.91 Å². The van der Waals surface area contributed by atoms with Crippen molar-refractivity contribution in [2.75, 3.05) is 11.9 Å². The normalized spacial score (nSPS) is 13.9. The van der Waals surface area contributed by atoms with Crippen LogP contribution >= 0.6 is 0 Å². The van der Waals surface area contributed by atoms with Crippen LogP contribution in [0, 0.1) is 5.92 Å². The number of fused-ring (bicyclic) bond motifs is 3. The highest BCUT2D eigenvalue weighted by Gasteiger charge is 2.31. The topological polar surface area (TPSA) is 123 Å². The number of carbonyl (C=O) groups is 3. The molecule has 4 rings (SSSR count). The number of rotatable bonds is 8. The molecule has 0 saturated heterocycles. The van der Waals surface area contributed by atoms with Crippen LogP contribution in [0.1, 0.15) is 47.8 Å². The maximum Gasteiger partial charge on any atom is 0.407 e. The number of anilines is 1. The van der Waals surface area contributed by atoms with Crippen LogP contribution in [0.4, 0.5) is 10.6 Å². The van der Waals surface area contributed by atoms with Crippen LogP contribution in [0.25, 0.3) is 11.1 Å². The van der Waals surface area contributed by atoms with Gasteiger partial charge in [-0.05, 0) is 28.2 Å². The molecule has 3 N–H and O–H groups in total. The highest BCUT2D eigenvalue weighted by atomic mass is 16.5. The van der Waals surface area contributed by atoms with Crippen LogP contribution in [0.3, 0.4) is 0 Å². The fraction of sp³-hybridized carbons (Fsp3) is 0.308. The molecule has 2 amide bonds. The molecule has 2 unspecified atom stereocenters. The Kier molecular flexibility index (Phi) is 6.86. The van der Waals surface area contributed by atoms with E-state index in [2.05, 4.69) is 27.9 Å². The van der Waals surface area contributed by atoms with Crippen molar-refractivity contribution in [3.63, 3.8) is 0 Å². The van der Waals surface area contributed by atoms with Crippen molar-refractivity contribution in [3.8, 4) is 11.1 Å². The first-order valence-electron chi connectivity index (χ1n) is 11.5. The van der Waals surface area contributed by atoms with Crippen molar-refractivity contribution in [3.05, 3.63) is 71.4 Å². The van der Waals surface area contributed by atoms with Crippen LogP contribution in [-0.2, 0) is 16.6 Å². The van der Waals surface area contributed by atoms with E-state index in [0.717, 1.165) is 26.9 Å². The monoisotopic (exact) mass is 476 g/mol. The Hall–Kier alpha value is -4.14. The number of nitrogens with one attached hydrogen (secondary N) is 2. The number of carboxylic acids is 1. The van der Waals surface area contributed by atoms with Gasteiger partial charge in [-0.1, -0.05) is 68.8 Å². The Labute approximate surface area is 203 Å². The molecule has 35 heavy (non-hydrogen) atoms. The largest absolute Gasteiger partial charge is 0.477 e. The molecule has 1 heterocycles. The van der Waals surface area contributed by atoms with Gasteiger partial charge in [-0.3, -0.25) is 9.48 Å². The first-order chi connectivity index (χ1) is 16.8. The van der Waals surface area contributed by atoms with E-state index in [-0.39, 0.29) is 30.0 Å². The number of hydrogen-bond donors (Lipinski definition) is 3. The molecule has 1 aromatic heterocycles. The van der Waals surface area contributed by atoms with E-state index in [4.69, 9.17) is 4.74 Å². The number of amides is 2. The lowest BCUT2D eigenvalue weighted by atomic mass is 9.98. The molecule has 0 aliphatic heterocycles. The molecule has 2 aromatic carbocycles. The zero-order chi connectivity index (χ0) is 25.1. The molecule has 9 nitrogen and oxygen atoms in total. The summed E-state index contributed by atoms with van der Waals surface area (Å²) in [6, 6.07) is 16.5. The van der Waals surface area contributed by atoms with Gasteiger partial charge in [0, 0.05) is 19.0 Å². The lowest BCUT2D eigenvalue weighted by Gasteiger charge is -2.23. The average molecular weight is 477 g/mol. The summed E-state index contributed by atoms with van der Waals surface area (Å²) in [6.45, 7) is 3.89. The van der Waals surface area contributed by atoms with Crippen LogP contribution in [0.5, 0.6) is 0 Å². The molecule has 2 atom stereocenters. The predicted molar refractivity (Wildman–Crippen MR) is 130 cm³/mol. The van der Waals surface area contributed by atoms with E-state index in [0.29, 0.717) is 6.42 Å². The van der Waals surface area contributed by atoms with Gasteiger partial charge in [-0.2, -0.15) is 5.10 Å². The summed E-state index contributed by atoms with van der Waals surface area (Å²) in [7, 11) is 1.47. The molecule has 182 valence electrons. The molecule has 0 saturated carbocycles. The van der Waals surface area contributed by atoms with Crippen LogP contribution < -0.4 is 10.6 Å². The molecule has 9 heteroatoms. The number of aromatic carboxylic acids is 1. The van der Waals surface area contributed by atoms with Crippen molar-refractivity contribution in [2.45, 2.75) is 32.2 Å². The molecule has 0 bridgehead atoms. The number of hydrogen-bond acceptors (Lipinski definition) is 5. The average Bonchev–Trinajstić information content (AvgIpc) is 3.38. The van der Waals surface area contributed by atoms with Gasteiger partial charge in [0.05, 0.1) is 0 Å². The smallest absolute Gasteiger partial charge is 0.407 e. The van der Waals surface area contributed by atoms with Gasteiger partial charge >= 0.3 is 12.1 Å². The molecule has 3 aromatic rings. The van der Waals surface area contributed by atoms with Crippen molar-refractivity contribution in [1.29, 1.82) is 0 Å². The quantitative estimate of drug-likeness (QED) is 0.452. The van der Waals surface area contributed by atoms with Gasteiger partial charge in [0.1, 0.15) is 18.3 Å². The van der Waals surface area contributed by atoms with Gasteiger partial charge in [0.25, 0.3) is 0 Å². The minimum Gasteiger partial charge on any atom is -0.477 e. The summed E-state index contributed by atoms with van der Waals surface area (Å²) in [6.07, 6.45) is -0.0656. The van der Waals surface area contributed by atoms with Crippen molar-refractivity contribution in [1.82, 2.24) is 15.1 Å². The number of aryl methyl sites for hydroxylation is 1. The number of ether oxygens (including phenoxy) is 1. The molecular formula is C26H28N4O5. The summed E-state index contributed by atoms with van der Waals surface area (Å²) in [5.41, 5.74) is 4.39. The number of carboxylic acid groups (broad SMARTS) is 1. The van der Waals surface area contributed by atoms with Crippen LogP contribution in [0.15, 0.2) is 54.6 Å². The van der Waals surface area contributed by atoms with E-state index >= 15 is 0 Å². The van der Waals surface area contributed by atoms with Crippen LogP contribution in [-0.4, -0.2) is 45.5 Å². The zero-order valence-corrected chi connectivity index (χ0v) is 19.8. The fourth-order valence-electron chi connectivity index (χ4n) is 4.40. The van der Waals surface area contributed by atoms with Crippen molar-refractivity contribution in [2.24, 2.45) is 13.0 Å². The molecule has 0 fully saturated rings. The maximum atomic E-state index is 12.9. The first-order valence-corrected chi connectivity index (χ1v) is 11.5. The fourth-order valence-corrected chi connectivity index (χ4v) is 4.40. The maximum absolute atomic E-state index is 12.9. The van der Waals surface area contributed by atoms with Gasteiger partial charge < -0.3 is 20.5 Å². The van der Waals surface area contributed by atoms with Crippen molar-refractivity contribution < 1.29 is 24.2 Å². The van der Waals surface area contributed by atoms with Gasteiger partial charge in [0.15, 0.2) is 5.82 Å². The number of alkyl carbamates (subject to hydrolysis) is 1. The van der Waals surface area contributed by atoms with Crippen molar-refractivity contribution >= 4 is 23.8 Å². The number of benzene rings is 2. The minimum absolute atomic E-state index is 0.0649. The highest BCUT2D eigenvalue weighted by molar-refractivity contribution is 5.97. The number of carbonyl (C=O) groups excluding carboxylic acids is 2. The second-order valence-electron chi connectivity index (χ2n) is 8.67. The Morgan fingerprint density at radius 2 is 1.69 bits per heavy atom. The summed E-state index contributed by atoms with van der Waals surface area (Å²) in [5, 5.41) is 18.5. The Morgan fingerprint density at radius 1 is 1.09 bits per heavy atom. The SMILES string of the molecule is CCC(C)C(NC(=O)OCC1c2ccccc2-c2ccccc21)C(=O)Nc1cc(C(=O)O)n(C)n1. The highest BCUT2D eigenvalue weighted by Crippen LogP contribution is 2.44. The second kappa shape index (κ2) is 10.0. The number of aromatic nitrogens is 2. The van der Waals surface area contributed by atoms with E-state index in [1.54, 1.807) is 0 Å². The summed E-state index contributed by atoms with van der Waals surface area (Å²) in [4.78, 5) is 36.9. The summed E-state index contributed by atoms with van der Waals surface area (Å²) < 4.78 is 6.75. The zero-order valence-electron chi connectivity index (χ0n) is 19.8. The third-order valence-corrected chi connectivity index (χ3v) is 6.46. The Balaban J connectivity index is 1.44. The predicted octanol–water partition coefficient (Wildman–Crippen LogP) is 4.01. The van der Waals surface area contributed by atoms with E-state index in [1.165, 1.54) is 13.1 Å². The van der Waals surface area contributed by atoms with E-state index in [9.17, 15) is 19.5 Å². The Morgan fingerprint density at radius 3 is 2.23 bits per heavy atom. The Bertz CT molecular complexity index is 1220. The second-order valence-corrected chi connectivity index (χ2v) is 8.67. The third-order valence-electron chi connectivity index (χ3n) is 6.46. The molecule has 1 aliphatic carbocycles. The molecular weight excluding hydrogens is 448 g/mol.